The van der Waals surface area contributed by atoms with Crippen LogP contribution in [0.15, 0.2) is 315 Å². The molecule has 0 N–H and O–H groups in total. The van der Waals surface area contributed by atoms with Gasteiger partial charge in [-0.3, -0.25) is 0 Å². The fourth-order valence-corrected chi connectivity index (χ4v) is 17.5. The molecular formula is C93H52F4N4. The molecule has 0 unspecified atom stereocenters. The molecule has 2 aliphatic rings. The zero-order chi connectivity index (χ0) is 66.7. The predicted octanol–water partition coefficient (Wildman–Crippen LogP) is 25.8. The monoisotopic (exact) mass is 1300 g/mol. The van der Waals surface area contributed by atoms with Crippen molar-refractivity contribution >= 4 is 109 Å². The molecule has 0 amide bonds. The third kappa shape index (κ3) is 7.95. The molecule has 0 saturated heterocycles. The molecule has 0 radical (unpaired) electrons. The molecular weight excluding hydrogens is 1250 g/mol. The zero-order valence-electron chi connectivity index (χ0n) is 53.8. The Balaban J connectivity index is 0.698. The van der Waals surface area contributed by atoms with Crippen molar-refractivity contribution in [2.75, 3.05) is 0 Å². The molecule has 22 rings (SSSR count). The number of hydrogen-bond donors (Lipinski definition) is 0. The summed E-state index contributed by atoms with van der Waals surface area (Å²) in [7, 11) is 0. The van der Waals surface area contributed by atoms with Crippen molar-refractivity contribution in [3.63, 3.8) is 0 Å². The van der Waals surface area contributed by atoms with E-state index in [-0.39, 0.29) is 5.82 Å². The summed E-state index contributed by atoms with van der Waals surface area (Å²) in [5.41, 5.74) is 27.7. The van der Waals surface area contributed by atoms with E-state index in [0.29, 0.717) is 5.69 Å². The molecule has 0 bridgehead atoms. The number of benzene rings is 16. The summed E-state index contributed by atoms with van der Waals surface area (Å²) in [6, 6.07) is 110. The van der Waals surface area contributed by atoms with Gasteiger partial charge in [0.25, 0.3) is 0 Å². The Morgan fingerprint density at radius 3 is 0.960 bits per heavy atom. The summed E-state index contributed by atoms with van der Waals surface area (Å²) in [6.07, 6.45) is -4.44. The number of halogens is 4. The molecule has 0 fully saturated rings. The normalized spacial score (nSPS) is 12.6. The van der Waals surface area contributed by atoms with Crippen LogP contribution >= 0.6 is 0 Å². The molecule has 8 heteroatoms. The van der Waals surface area contributed by atoms with Crippen LogP contribution in [-0.4, -0.2) is 18.3 Å². The van der Waals surface area contributed by atoms with E-state index in [9.17, 15) is 17.6 Å². The van der Waals surface area contributed by atoms with Gasteiger partial charge in [0.1, 0.15) is 5.82 Å². The highest BCUT2D eigenvalue weighted by molar-refractivity contribution is 6.22. The predicted molar refractivity (Wildman–Crippen MR) is 409 cm³/mol. The van der Waals surface area contributed by atoms with Crippen LogP contribution in [0, 0.1) is 5.82 Å². The van der Waals surface area contributed by atoms with Crippen LogP contribution in [0.25, 0.3) is 209 Å². The molecule has 16 aromatic carbocycles. The third-order valence-electron chi connectivity index (χ3n) is 21.9. The summed E-state index contributed by atoms with van der Waals surface area (Å²) in [6.45, 7) is 0. The summed E-state index contributed by atoms with van der Waals surface area (Å²) < 4.78 is 65.5. The first kappa shape index (κ1) is 56.0. The largest absolute Gasteiger partial charge is 0.416 e. The molecule has 4 nitrogen and oxygen atoms in total. The molecule has 472 valence electrons. The minimum atomic E-state index is -4.44. The summed E-state index contributed by atoms with van der Waals surface area (Å²) in [5, 5.41) is 13.7. The molecule has 0 aliphatic heterocycles. The Labute approximate surface area is 574 Å². The van der Waals surface area contributed by atoms with Gasteiger partial charge in [0, 0.05) is 65.2 Å². The van der Waals surface area contributed by atoms with Gasteiger partial charge in [-0.15, -0.1) is 0 Å². The Hall–Kier alpha value is -13.0. The molecule has 4 heterocycles. The van der Waals surface area contributed by atoms with Crippen LogP contribution < -0.4 is 0 Å². The van der Waals surface area contributed by atoms with Crippen molar-refractivity contribution in [2.45, 2.75) is 6.18 Å². The van der Waals surface area contributed by atoms with E-state index in [0.717, 1.165) is 144 Å². The summed E-state index contributed by atoms with van der Waals surface area (Å²) >= 11 is 0. The van der Waals surface area contributed by atoms with E-state index >= 15 is 0 Å². The summed E-state index contributed by atoms with van der Waals surface area (Å²) in [5.74, 6) is -0.293. The van der Waals surface area contributed by atoms with Crippen molar-refractivity contribution in [2.24, 2.45) is 0 Å². The zero-order valence-corrected chi connectivity index (χ0v) is 53.8. The lowest BCUT2D eigenvalue weighted by Gasteiger charge is -2.14. The molecule has 101 heavy (non-hydrogen) atoms. The van der Waals surface area contributed by atoms with Gasteiger partial charge in [0.2, 0.25) is 0 Å². The lowest BCUT2D eigenvalue weighted by Crippen LogP contribution is -2.05. The quantitative estimate of drug-likeness (QED) is 0.142. The van der Waals surface area contributed by atoms with E-state index in [1.54, 1.807) is 24.3 Å². The van der Waals surface area contributed by atoms with Crippen LogP contribution in [0.5, 0.6) is 0 Å². The molecule has 20 aromatic rings. The van der Waals surface area contributed by atoms with Gasteiger partial charge in [-0.05, 0) is 222 Å². The van der Waals surface area contributed by atoms with Gasteiger partial charge in [0.05, 0.1) is 61.1 Å². The average molecular weight is 1300 g/mol. The highest BCUT2D eigenvalue weighted by Gasteiger charge is 2.31. The minimum absolute atomic E-state index is 0.293. The maximum Gasteiger partial charge on any atom is 0.416 e. The van der Waals surface area contributed by atoms with Crippen molar-refractivity contribution in [1.82, 2.24) is 18.3 Å². The van der Waals surface area contributed by atoms with E-state index in [1.807, 2.05) is 34.9 Å². The minimum Gasteiger partial charge on any atom is -0.309 e. The van der Waals surface area contributed by atoms with E-state index in [2.05, 4.69) is 262 Å². The molecule has 0 spiro atoms. The first-order valence-corrected chi connectivity index (χ1v) is 34.1. The van der Waals surface area contributed by atoms with Crippen LogP contribution in [0.2, 0.25) is 0 Å². The topological polar surface area (TPSA) is 19.7 Å². The number of hydrogen-bond acceptors (Lipinski definition) is 0. The smallest absolute Gasteiger partial charge is 0.309 e. The molecule has 0 saturated carbocycles. The van der Waals surface area contributed by atoms with Crippen molar-refractivity contribution in [1.29, 1.82) is 0 Å². The average Bonchev–Trinajstić information content (AvgIpc) is 1.57. The highest BCUT2D eigenvalue weighted by Crippen LogP contribution is 2.52. The van der Waals surface area contributed by atoms with Gasteiger partial charge < -0.3 is 18.3 Å². The van der Waals surface area contributed by atoms with Crippen LogP contribution in [-0.2, 0) is 6.18 Å². The number of fused-ring (bicyclic) bond motifs is 18. The number of alkyl halides is 3. The van der Waals surface area contributed by atoms with E-state index < -0.39 is 11.7 Å². The van der Waals surface area contributed by atoms with Crippen molar-refractivity contribution < 1.29 is 17.6 Å². The fraction of sp³-hybridized carbons (Fsp3) is 0.0108. The van der Waals surface area contributed by atoms with Crippen LogP contribution in [0.3, 0.4) is 0 Å². The molecule has 0 atom stereocenters. The lowest BCUT2D eigenvalue weighted by atomic mass is 9.98. The first-order valence-electron chi connectivity index (χ1n) is 34.1. The van der Waals surface area contributed by atoms with Gasteiger partial charge in [0.15, 0.2) is 0 Å². The standard InChI is InChI=1S/C93H52F4N4/c94-60-31-35-62(36-32-60)99-86-42-26-54(55-27-43-87-78(48-55)68-16-6-8-22-82(68)100(87)83-45-39-73-65-13-3-1-11-63(65)71-17-9-19-75(83)91(71)73)49-79(86)69-37-23-57(51-89(69)99)58-24-38-70-80-50-56(53-25-41-85-77(47-53)67-15-5-7-21-81(67)98(85)61-33-29-59(30-34-61)93(95,96)97)28-44-88(80)101(90(70)52-58)84-46-40-74-66-14-4-2-12-64(66)72-18-10-20-76(84)92(72)74/h1-52H. The number of rotatable bonds is 7. The van der Waals surface area contributed by atoms with Gasteiger partial charge in [-0.1, -0.05) is 182 Å². The SMILES string of the molecule is Fc1ccc(-n2c3ccc(-c4ccc5c(c4)c4ccccc4n5-c4ccc5c6c(cccc46)-c4ccccc4-5)cc3c3ccc(-c4ccc5c6cc(-c7ccc8c(c7)c7ccccc7n8-c7ccc(C(F)(F)F)cc7)ccc6n(-c6ccc7c8c(cccc68)-c6ccccc6-7)c5c4)cc32)cc1. The van der Waals surface area contributed by atoms with Gasteiger partial charge in [-0.25, -0.2) is 4.39 Å². The maximum atomic E-state index is 15.0. The second kappa shape index (κ2) is 20.5. The van der Waals surface area contributed by atoms with Crippen molar-refractivity contribution in [3.05, 3.63) is 327 Å². The number of para-hydroxylation sites is 2. The Morgan fingerprint density at radius 1 is 0.208 bits per heavy atom. The summed E-state index contributed by atoms with van der Waals surface area (Å²) in [4.78, 5) is 0. The Morgan fingerprint density at radius 2 is 0.515 bits per heavy atom. The lowest BCUT2D eigenvalue weighted by molar-refractivity contribution is -0.137. The van der Waals surface area contributed by atoms with Gasteiger partial charge >= 0.3 is 6.18 Å². The third-order valence-corrected chi connectivity index (χ3v) is 21.9. The second-order valence-corrected chi connectivity index (χ2v) is 27.1. The highest BCUT2D eigenvalue weighted by atomic mass is 19.4. The second-order valence-electron chi connectivity index (χ2n) is 27.1. The van der Waals surface area contributed by atoms with Gasteiger partial charge in [-0.2, -0.15) is 13.2 Å². The Kier molecular flexibility index (Phi) is 11.4. The number of aromatic nitrogens is 4. The van der Waals surface area contributed by atoms with Crippen molar-refractivity contribution in [3.8, 4) is 101 Å². The molecule has 4 aromatic heterocycles. The molecule has 2 aliphatic carbocycles. The maximum absolute atomic E-state index is 15.0. The Bertz CT molecular complexity index is 7000. The first-order chi connectivity index (χ1) is 49.6. The number of nitrogens with zero attached hydrogens (tertiary/aromatic N) is 4. The van der Waals surface area contributed by atoms with E-state index in [1.165, 1.54) is 71.4 Å². The van der Waals surface area contributed by atoms with E-state index in [4.69, 9.17) is 0 Å². The fourth-order valence-electron chi connectivity index (χ4n) is 17.5. The van der Waals surface area contributed by atoms with Crippen LogP contribution in [0.4, 0.5) is 17.6 Å². The van der Waals surface area contributed by atoms with Crippen LogP contribution in [0.1, 0.15) is 5.56 Å².